The van der Waals surface area contributed by atoms with Gasteiger partial charge >= 0.3 is 0 Å². The molecule has 282 valence electrons. The van der Waals surface area contributed by atoms with E-state index in [-0.39, 0.29) is 10.8 Å². The van der Waals surface area contributed by atoms with Gasteiger partial charge in [0.05, 0.1) is 5.69 Å². The van der Waals surface area contributed by atoms with Gasteiger partial charge in [0.15, 0.2) is 0 Å². The Kier molecular flexibility index (Phi) is 7.94. The van der Waals surface area contributed by atoms with Gasteiger partial charge in [-0.1, -0.05) is 191 Å². The van der Waals surface area contributed by atoms with E-state index in [1.165, 1.54) is 88.7 Å². The quantitative estimate of drug-likeness (QED) is 0.163. The third-order valence-electron chi connectivity index (χ3n) is 13.2. The molecule has 2 aliphatic carbocycles. The molecular formula is C58H45N. The van der Waals surface area contributed by atoms with Gasteiger partial charge in [-0.2, -0.15) is 0 Å². The first-order chi connectivity index (χ1) is 28.8. The van der Waals surface area contributed by atoms with Gasteiger partial charge in [-0.15, -0.1) is 0 Å². The van der Waals surface area contributed by atoms with Crippen LogP contribution in [0.2, 0.25) is 0 Å². The number of rotatable bonds is 6. The molecule has 11 rings (SSSR count). The Balaban J connectivity index is 1.19. The largest absolute Gasteiger partial charge is 0.310 e. The minimum Gasteiger partial charge on any atom is -0.310 e. The first-order valence-corrected chi connectivity index (χ1v) is 20.8. The van der Waals surface area contributed by atoms with Crippen LogP contribution in [0, 0.1) is 0 Å². The molecule has 0 spiro atoms. The van der Waals surface area contributed by atoms with E-state index in [1.807, 2.05) is 0 Å². The maximum Gasteiger partial charge on any atom is 0.0546 e. The Morgan fingerprint density at radius 3 is 1.61 bits per heavy atom. The van der Waals surface area contributed by atoms with Gasteiger partial charge in [0.1, 0.15) is 0 Å². The molecule has 1 nitrogen and oxygen atoms in total. The van der Waals surface area contributed by atoms with Crippen LogP contribution in [0.4, 0.5) is 17.1 Å². The average molecular weight is 756 g/mol. The number of hydrogen-bond acceptors (Lipinski definition) is 1. The van der Waals surface area contributed by atoms with Crippen LogP contribution in [0.5, 0.6) is 0 Å². The molecule has 0 unspecified atom stereocenters. The van der Waals surface area contributed by atoms with Crippen LogP contribution < -0.4 is 4.90 Å². The van der Waals surface area contributed by atoms with Gasteiger partial charge < -0.3 is 4.90 Å². The summed E-state index contributed by atoms with van der Waals surface area (Å²) in [5, 5.41) is 2.47. The fraction of sp³-hybridized carbons (Fsp3) is 0.103. The molecule has 0 amide bonds. The molecule has 9 aromatic carbocycles. The zero-order chi connectivity index (χ0) is 39.9. The Bertz CT molecular complexity index is 3090. The summed E-state index contributed by atoms with van der Waals surface area (Å²) in [4.78, 5) is 2.51. The summed E-state index contributed by atoms with van der Waals surface area (Å²) in [6.45, 7) is 9.53. The van der Waals surface area contributed by atoms with E-state index in [4.69, 9.17) is 0 Å². The molecule has 0 radical (unpaired) electrons. The molecule has 0 heterocycles. The van der Waals surface area contributed by atoms with Crippen molar-refractivity contribution in [2.24, 2.45) is 0 Å². The molecule has 0 N–H and O–H groups in total. The lowest BCUT2D eigenvalue weighted by Crippen LogP contribution is -2.17. The molecule has 0 saturated heterocycles. The molecule has 0 aromatic heterocycles. The zero-order valence-corrected chi connectivity index (χ0v) is 34.0. The monoisotopic (exact) mass is 755 g/mol. The second-order valence-corrected chi connectivity index (χ2v) is 17.3. The van der Waals surface area contributed by atoms with Crippen LogP contribution in [0.3, 0.4) is 0 Å². The Morgan fingerprint density at radius 2 is 0.847 bits per heavy atom. The fourth-order valence-corrected chi connectivity index (χ4v) is 10.4. The zero-order valence-electron chi connectivity index (χ0n) is 34.0. The van der Waals surface area contributed by atoms with Crippen molar-refractivity contribution < 1.29 is 0 Å². The van der Waals surface area contributed by atoms with Crippen molar-refractivity contribution in [3.63, 3.8) is 0 Å². The molecule has 1 heteroatoms. The van der Waals surface area contributed by atoms with Crippen molar-refractivity contribution in [2.45, 2.75) is 38.5 Å². The standard InChI is InChI=1S/C58H45N/c1-57(2)51-25-12-10-20-45(51)47-35-34-44(37-53(47)57)59(43-32-30-40(31-33-43)38-16-6-5-7-17-38)54-27-15-22-48(55(54)42-29-28-39-18-8-9-19-41(39)36-42)50-24-14-23-49-46-21-11-13-26-52(46)58(3,4)56(49)50/h5-37H,1-4H3. The lowest BCUT2D eigenvalue weighted by Gasteiger charge is -2.32. The van der Waals surface area contributed by atoms with Gasteiger partial charge in [0.25, 0.3) is 0 Å². The van der Waals surface area contributed by atoms with Crippen LogP contribution >= 0.6 is 0 Å². The van der Waals surface area contributed by atoms with E-state index in [9.17, 15) is 0 Å². The van der Waals surface area contributed by atoms with Crippen LogP contribution in [0.25, 0.3) is 66.4 Å². The van der Waals surface area contributed by atoms with Gasteiger partial charge in [0, 0.05) is 27.8 Å². The third-order valence-corrected chi connectivity index (χ3v) is 13.2. The summed E-state index contributed by atoms with van der Waals surface area (Å²) in [6, 6.07) is 74.4. The summed E-state index contributed by atoms with van der Waals surface area (Å²) < 4.78 is 0. The maximum atomic E-state index is 2.51. The van der Waals surface area contributed by atoms with E-state index in [1.54, 1.807) is 0 Å². The number of hydrogen-bond donors (Lipinski definition) is 0. The van der Waals surface area contributed by atoms with Gasteiger partial charge in [-0.05, 0) is 119 Å². The highest BCUT2D eigenvalue weighted by atomic mass is 15.1. The van der Waals surface area contributed by atoms with Crippen molar-refractivity contribution >= 4 is 27.8 Å². The summed E-state index contributed by atoms with van der Waals surface area (Å²) >= 11 is 0. The molecule has 0 atom stereocenters. The number of fused-ring (bicyclic) bond motifs is 7. The van der Waals surface area contributed by atoms with Crippen LogP contribution in [0.1, 0.15) is 49.9 Å². The topological polar surface area (TPSA) is 3.24 Å². The molecule has 0 saturated carbocycles. The Morgan fingerprint density at radius 1 is 0.322 bits per heavy atom. The van der Waals surface area contributed by atoms with Crippen molar-refractivity contribution in [1.82, 2.24) is 0 Å². The van der Waals surface area contributed by atoms with E-state index in [0.717, 1.165) is 17.1 Å². The molecule has 0 fully saturated rings. The Labute approximate surface area is 347 Å². The van der Waals surface area contributed by atoms with Crippen molar-refractivity contribution in [3.05, 3.63) is 222 Å². The Hall–Kier alpha value is -6.96. The van der Waals surface area contributed by atoms with Crippen molar-refractivity contribution in [2.75, 3.05) is 4.90 Å². The normalized spacial score (nSPS) is 14.0. The van der Waals surface area contributed by atoms with Crippen molar-refractivity contribution in [3.8, 4) is 55.6 Å². The first kappa shape index (κ1) is 35.2. The predicted molar refractivity (Wildman–Crippen MR) is 250 cm³/mol. The van der Waals surface area contributed by atoms with E-state index in [0.29, 0.717) is 0 Å². The predicted octanol–water partition coefficient (Wildman–Crippen LogP) is 15.9. The minimum atomic E-state index is -0.174. The highest BCUT2D eigenvalue weighted by molar-refractivity contribution is 6.02. The van der Waals surface area contributed by atoms with Gasteiger partial charge in [-0.3, -0.25) is 0 Å². The molecule has 2 aliphatic rings. The highest BCUT2D eigenvalue weighted by Gasteiger charge is 2.39. The van der Waals surface area contributed by atoms with E-state index < -0.39 is 0 Å². The fourth-order valence-electron chi connectivity index (χ4n) is 10.4. The summed E-state index contributed by atoms with van der Waals surface area (Å²) in [5.74, 6) is 0. The van der Waals surface area contributed by atoms with Crippen LogP contribution in [0.15, 0.2) is 200 Å². The smallest absolute Gasteiger partial charge is 0.0546 e. The SMILES string of the molecule is CC1(C)c2ccccc2-c2ccc(N(c3ccc(-c4ccccc4)cc3)c3cccc(-c4cccc5c4C(C)(C)c4ccccc4-5)c3-c3ccc4ccccc4c3)cc21. The second-order valence-electron chi connectivity index (χ2n) is 17.3. The summed E-state index contributed by atoms with van der Waals surface area (Å²) in [5.41, 5.74) is 21.2. The number of nitrogens with zero attached hydrogens (tertiary/aromatic N) is 1. The van der Waals surface area contributed by atoms with Gasteiger partial charge in [-0.25, -0.2) is 0 Å². The average Bonchev–Trinajstić information content (AvgIpc) is 3.66. The summed E-state index contributed by atoms with van der Waals surface area (Å²) in [7, 11) is 0. The maximum absolute atomic E-state index is 2.51. The third kappa shape index (κ3) is 5.45. The van der Waals surface area contributed by atoms with Crippen LogP contribution in [-0.4, -0.2) is 0 Å². The molecule has 0 bridgehead atoms. The van der Waals surface area contributed by atoms with E-state index in [2.05, 4.69) is 233 Å². The minimum absolute atomic E-state index is 0.140. The lowest BCUT2D eigenvalue weighted by molar-refractivity contribution is 0.660. The van der Waals surface area contributed by atoms with Crippen molar-refractivity contribution in [1.29, 1.82) is 0 Å². The van der Waals surface area contributed by atoms with E-state index >= 15 is 0 Å². The van der Waals surface area contributed by atoms with Gasteiger partial charge in [0.2, 0.25) is 0 Å². The highest BCUT2D eigenvalue weighted by Crippen LogP contribution is 2.56. The molecular weight excluding hydrogens is 711 g/mol. The second kappa shape index (κ2) is 13.3. The summed E-state index contributed by atoms with van der Waals surface area (Å²) in [6.07, 6.45) is 0. The lowest BCUT2D eigenvalue weighted by atomic mass is 9.77. The first-order valence-electron chi connectivity index (χ1n) is 20.8. The number of benzene rings is 9. The van der Waals surface area contributed by atoms with Crippen LogP contribution in [-0.2, 0) is 10.8 Å². The molecule has 0 aliphatic heterocycles. The molecule has 9 aromatic rings. The number of anilines is 3. The molecule has 59 heavy (non-hydrogen) atoms.